The number of halogens is 1. The molecule has 2 aromatic rings. The molecule has 0 spiro atoms. The molecule has 0 saturated heterocycles. The molecule has 0 aliphatic carbocycles. The Morgan fingerprint density at radius 2 is 2.05 bits per heavy atom. The van der Waals surface area contributed by atoms with Crippen molar-refractivity contribution in [3.8, 4) is 11.5 Å². The summed E-state index contributed by atoms with van der Waals surface area (Å²) in [5, 5.41) is 5.14. The average Bonchev–Trinajstić information content (AvgIpc) is 2.80. The van der Waals surface area contributed by atoms with Crippen molar-refractivity contribution in [2.24, 2.45) is 0 Å². The molecular formula is C15H20ClN3O2. The Bertz CT molecular complexity index is 626. The van der Waals surface area contributed by atoms with Crippen molar-refractivity contribution in [3.63, 3.8) is 0 Å². The van der Waals surface area contributed by atoms with Crippen molar-refractivity contribution in [1.82, 2.24) is 9.78 Å². The van der Waals surface area contributed by atoms with Crippen LogP contribution in [0.5, 0.6) is 11.5 Å². The van der Waals surface area contributed by atoms with Crippen LogP contribution in [-0.2, 0) is 19.6 Å². The van der Waals surface area contributed by atoms with Gasteiger partial charge >= 0.3 is 0 Å². The van der Waals surface area contributed by atoms with Crippen LogP contribution in [0.2, 0.25) is 5.02 Å². The summed E-state index contributed by atoms with van der Waals surface area (Å²) < 4.78 is 13.0. The van der Waals surface area contributed by atoms with Crippen LogP contribution in [-0.4, -0.2) is 16.9 Å². The van der Waals surface area contributed by atoms with Crippen molar-refractivity contribution in [1.29, 1.82) is 0 Å². The topological polar surface area (TPSA) is 62.3 Å². The number of nitrogens with two attached hydrogens (primary N) is 1. The van der Waals surface area contributed by atoms with Gasteiger partial charge in [-0.25, -0.2) is 0 Å². The highest BCUT2D eigenvalue weighted by Gasteiger charge is 2.15. The highest BCUT2D eigenvalue weighted by atomic mass is 35.5. The molecule has 0 aliphatic heterocycles. The summed E-state index contributed by atoms with van der Waals surface area (Å²) in [6, 6.07) is 5.28. The molecule has 0 amide bonds. The maximum Gasteiger partial charge on any atom is 0.163 e. The summed E-state index contributed by atoms with van der Waals surface area (Å²) in [5.41, 5.74) is 8.15. The maximum absolute atomic E-state index is 6.36. The number of nitrogen functional groups attached to an aromatic ring is 1. The number of hydrogen-bond donors (Lipinski definition) is 1. The second-order valence-electron chi connectivity index (χ2n) is 4.58. The second kappa shape index (κ2) is 6.72. The molecule has 0 radical (unpaired) electrons. The molecule has 0 unspecified atom stereocenters. The maximum atomic E-state index is 6.36. The Labute approximate surface area is 129 Å². The van der Waals surface area contributed by atoms with E-state index in [4.69, 9.17) is 26.8 Å². The van der Waals surface area contributed by atoms with Gasteiger partial charge in [0.2, 0.25) is 0 Å². The SMILES string of the molecule is CCc1nn(CC)c(COc2cc(N)ccc2OC)c1Cl. The number of aromatic nitrogens is 2. The average molecular weight is 310 g/mol. The summed E-state index contributed by atoms with van der Waals surface area (Å²) in [7, 11) is 1.59. The molecule has 6 heteroatoms. The number of rotatable bonds is 6. The van der Waals surface area contributed by atoms with Crippen LogP contribution in [0.25, 0.3) is 0 Å². The van der Waals surface area contributed by atoms with Gasteiger partial charge in [-0.3, -0.25) is 4.68 Å². The molecule has 0 bridgehead atoms. The lowest BCUT2D eigenvalue weighted by molar-refractivity contribution is 0.274. The molecule has 0 fully saturated rings. The van der Waals surface area contributed by atoms with E-state index in [0.29, 0.717) is 28.8 Å². The van der Waals surface area contributed by atoms with Crippen LogP contribution in [0.1, 0.15) is 25.2 Å². The van der Waals surface area contributed by atoms with Crippen molar-refractivity contribution < 1.29 is 9.47 Å². The number of aryl methyl sites for hydroxylation is 2. The first-order valence-electron chi connectivity index (χ1n) is 6.91. The zero-order valence-corrected chi connectivity index (χ0v) is 13.3. The van der Waals surface area contributed by atoms with Crippen LogP contribution in [0.3, 0.4) is 0 Å². The summed E-state index contributed by atoms with van der Waals surface area (Å²) >= 11 is 6.36. The van der Waals surface area contributed by atoms with Gasteiger partial charge in [0.05, 0.1) is 23.5 Å². The predicted molar refractivity (Wildman–Crippen MR) is 84.0 cm³/mol. The second-order valence-corrected chi connectivity index (χ2v) is 4.95. The molecule has 21 heavy (non-hydrogen) atoms. The minimum Gasteiger partial charge on any atom is -0.493 e. The van der Waals surface area contributed by atoms with Crippen LogP contribution >= 0.6 is 11.6 Å². The Morgan fingerprint density at radius 1 is 1.29 bits per heavy atom. The molecule has 1 aromatic carbocycles. The minimum absolute atomic E-state index is 0.319. The van der Waals surface area contributed by atoms with Crippen LogP contribution in [0, 0.1) is 0 Å². The fourth-order valence-electron chi connectivity index (χ4n) is 2.11. The Morgan fingerprint density at radius 3 is 2.67 bits per heavy atom. The predicted octanol–water partition coefficient (Wildman–Crippen LogP) is 3.29. The van der Waals surface area contributed by atoms with E-state index >= 15 is 0 Å². The smallest absolute Gasteiger partial charge is 0.163 e. The fraction of sp³-hybridized carbons (Fsp3) is 0.400. The quantitative estimate of drug-likeness (QED) is 0.832. The van der Waals surface area contributed by atoms with Gasteiger partial charge in [-0.2, -0.15) is 5.10 Å². The highest BCUT2D eigenvalue weighted by molar-refractivity contribution is 6.31. The number of methoxy groups -OCH3 is 1. The van der Waals surface area contributed by atoms with E-state index in [2.05, 4.69) is 5.10 Å². The van der Waals surface area contributed by atoms with Crippen molar-refractivity contribution in [2.75, 3.05) is 12.8 Å². The van der Waals surface area contributed by atoms with Crippen molar-refractivity contribution in [2.45, 2.75) is 33.4 Å². The first-order chi connectivity index (χ1) is 10.1. The lowest BCUT2D eigenvalue weighted by Gasteiger charge is -2.12. The molecule has 5 nitrogen and oxygen atoms in total. The molecule has 1 aromatic heterocycles. The van der Waals surface area contributed by atoms with Gasteiger partial charge < -0.3 is 15.2 Å². The normalized spacial score (nSPS) is 10.7. The molecule has 114 valence electrons. The molecule has 2 rings (SSSR count). The van der Waals surface area contributed by atoms with E-state index in [1.165, 1.54) is 0 Å². The van der Waals surface area contributed by atoms with Crippen LogP contribution in [0.15, 0.2) is 18.2 Å². The lowest BCUT2D eigenvalue weighted by Crippen LogP contribution is -2.07. The monoisotopic (exact) mass is 309 g/mol. The summed E-state index contributed by atoms with van der Waals surface area (Å²) in [5.74, 6) is 1.23. The van der Waals surface area contributed by atoms with E-state index in [1.54, 1.807) is 25.3 Å². The third kappa shape index (κ3) is 3.24. The summed E-state index contributed by atoms with van der Waals surface area (Å²) in [4.78, 5) is 0. The number of ether oxygens (including phenoxy) is 2. The van der Waals surface area contributed by atoms with Gasteiger partial charge in [-0.15, -0.1) is 0 Å². The standard InChI is InChI=1S/C15H20ClN3O2/c1-4-11-15(16)12(19(5-2)18-11)9-21-14-8-10(17)6-7-13(14)20-3/h6-8H,4-5,9,17H2,1-3H3. The van der Waals surface area contributed by atoms with E-state index in [0.717, 1.165) is 24.4 Å². The highest BCUT2D eigenvalue weighted by Crippen LogP contribution is 2.31. The first kappa shape index (κ1) is 15.5. The van der Waals surface area contributed by atoms with Crippen LogP contribution < -0.4 is 15.2 Å². The fourth-order valence-corrected chi connectivity index (χ4v) is 2.43. The largest absolute Gasteiger partial charge is 0.493 e. The van der Waals surface area contributed by atoms with Crippen molar-refractivity contribution in [3.05, 3.63) is 34.6 Å². The summed E-state index contributed by atoms with van der Waals surface area (Å²) in [6.07, 6.45) is 0.792. The number of benzene rings is 1. The zero-order chi connectivity index (χ0) is 15.4. The van der Waals surface area contributed by atoms with Gasteiger partial charge in [0.25, 0.3) is 0 Å². The third-order valence-corrected chi connectivity index (χ3v) is 3.68. The minimum atomic E-state index is 0.319. The lowest BCUT2D eigenvalue weighted by atomic mass is 10.3. The van der Waals surface area contributed by atoms with Gasteiger partial charge in [0.1, 0.15) is 6.61 Å². The number of anilines is 1. The zero-order valence-electron chi connectivity index (χ0n) is 12.5. The Balaban J connectivity index is 2.24. The molecule has 1 heterocycles. The van der Waals surface area contributed by atoms with E-state index in [1.807, 2.05) is 18.5 Å². The summed E-state index contributed by atoms with van der Waals surface area (Å²) in [6.45, 7) is 5.11. The molecular weight excluding hydrogens is 290 g/mol. The van der Waals surface area contributed by atoms with E-state index in [9.17, 15) is 0 Å². The molecule has 2 N–H and O–H groups in total. The first-order valence-corrected chi connectivity index (χ1v) is 7.28. The molecule has 0 saturated carbocycles. The van der Waals surface area contributed by atoms with Gasteiger partial charge in [0, 0.05) is 18.3 Å². The van der Waals surface area contributed by atoms with Crippen LogP contribution in [0.4, 0.5) is 5.69 Å². The number of nitrogens with zero attached hydrogens (tertiary/aromatic N) is 2. The van der Waals surface area contributed by atoms with E-state index in [-0.39, 0.29) is 0 Å². The molecule has 0 atom stereocenters. The van der Waals surface area contributed by atoms with Gasteiger partial charge in [-0.1, -0.05) is 18.5 Å². The molecule has 0 aliphatic rings. The van der Waals surface area contributed by atoms with Gasteiger partial charge in [-0.05, 0) is 25.5 Å². The number of hydrogen-bond acceptors (Lipinski definition) is 4. The Hall–Kier alpha value is -1.88. The third-order valence-electron chi connectivity index (χ3n) is 3.25. The Kier molecular flexibility index (Phi) is 4.96. The van der Waals surface area contributed by atoms with Gasteiger partial charge in [0.15, 0.2) is 11.5 Å². The van der Waals surface area contributed by atoms with E-state index < -0.39 is 0 Å². The van der Waals surface area contributed by atoms with Crippen molar-refractivity contribution >= 4 is 17.3 Å².